The van der Waals surface area contributed by atoms with Crippen molar-refractivity contribution in [3.8, 4) is 0 Å². The number of hydrogen-bond acceptors (Lipinski definition) is 3. The first-order valence-electron chi connectivity index (χ1n) is 9.22. The summed E-state index contributed by atoms with van der Waals surface area (Å²) < 4.78 is 0. The van der Waals surface area contributed by atoms with E-state index in [2.05, 4.69) is 36.2 Å². The standard InChI is InChI=1S/C22H24N2O2/c1-23-13-16-7-4-3-6-15(16)12-17(23)14-24(2)22(26)20-9-5-8-19-18(20)10-11-21(19)25/h3-9,17H,10-14H2,1-2H3. The van der Waals surface area contributed by atoms with Crippen LogP contribution in [0.5, 0.6) is 0 Å². The van der Waals surface area contributed by atoms with E-state index in [9.17, 15) is 9.59 Å². The molecule has 1 aliphatic carbocycles. The van der Waals surface area contributed by atoms with Crippen molar-refractivity contribution < 1.29 is 9.59 Å². The number of carbonyl (C=O) groups is 2. The highest BCUT2D eigenvalue weighted by atomic mass is 16.2. The molecule has 0 N–H and O–H groups in total. The van der Waals surface area contributed by atoms with E-state index in [1.54, 1.807) is 0 Å². The Bertz CT molecular complexity index is 874. The van der Waals surface area contributed by atoms with E-state index in [-0.39, 0.29) is 11.7 Å². The number of hydrogen-bond donors (Lipinski definition) is 0. The zero-order valence-electron chi connectivity index (χ0n) is 15.4. The molecule has 1 unspecified atom stereocenters. The first-order valence-corrected chi connectivity index (χ1v) is 9.22. The molecule has 0 fully saturated rings. The fourth-order valence-corrected chi connectivity index (χ4v) is 4.22. The van der Waals surface area contributed by atoms with Crippen molar-refractivity contribution in [2.75, 3.05) is 20.6 Å². The fourth-order valence-electron chi connectivity index (χ4n) is 4.22. The van der Waals surface area contributed by atoms with Crippen LogP contribution in [0.1, 0.15) is 43.8 Å². The van der Waals surface area contributed by atoms with E-state index < -0.39 is 0 Å². The minimum Gasteiger partial charge on any atom is -0.340 e. The number of Topliss-reactive ketones (excluding diaryl/α,β-unsaturated/α-hetero) is 1. The third kappa shape index (κ3) is 2.95. The average molecular weight is 348 g/mol. The van der Waals surface area contributed by atoms with Gasteiger partial charge in [-0.15, -0.1) is 0 Å². The number of amides is 1. The summed E-state index contributed by atoms with van der Waals surface area (Å²) in [5.41, 5.74) is 5.10. The van der Waals surface area contributed by atoms with Crippen LogP contribution >= 0.6 is 0 Å². The van der Waals surface area contributed by atoms with E-state index >= 15 is 0 Å². The third-order valence-corrected chi connectivity index (χ3v) is 5.76. The van der Waals surface area contributed by atoms with Gasteiger partial charge in [0.25, 0.3) is 5.91 Å². The predicted octanol–water partition coefficient (Wildman–Crippen LogP) is 2.94. The first kappa shape index (κ1) is 17.0. The molecule has 2 aromatic rings. The second-order valence-corrected chi connectivity index (χ2v) is 7.48. The highest BCUT2D eigenvalue weighted by Crippen LogP contribution is 2.27. The monoisotopic (exact) mass is 348 g/mol. The Morgan fingerprint density at radius 3 is 2.69 bits per heavy atom. The maximum absolute atomic E-state index is 13.0. The van der Waals surface area contributed by atoms with E-state index in [1.165, 1.54) is 11.1 Å². The zero-order chi connectivity index (χ0) is 18.3. The molecule has 1 amide bonds. The van der Waals surface area contributed by atoms with Gasteiger partial charge in [-0.05, 0) is 42.6 Å². The van der Waals surface area contributed by atoms with Gasteiger partial charge in [0.1, 0.15) is 0 Å². The fraction of sp³-hybridized carbons (Fsp3) is 0.364. The van der Waals surface area contributed by atoms with E-state index in [1.807, 2.05) is 30.1 Å². The Labute approximate surface area is 154 Å². The quantitative estimate of drug-likeness (QED) is 0.856. The molecule has 0 bridgehead atoms. The van der Waals surface area contributed by atoms with Gasteiger partial charge in [-0.25, -0.2) is 0 Å². The maximum atomic E-state index is 13.0. The molecule has 1 atom stereocenters. The van der Waals surface area contributed by atoms with Crippen molar-refractivity contribution in [1.29, 1.82) is 0 Å². The number of likely N-dealkylation sites (N-methyl/N-ethyl adjacent to an activating group) is 2. The van der Waals surface area contributed by atoms with Crippen molar-refractivity contribution in [2.45, 2.75) is 31.8 Å². The minimum atomic E-state index is 0.0174. The van der Waals surface area contributed by atoms with E-state index in [0.717, 1.165) is 24.1 Å². The molecular weight excluding hydrogens is 324 g/mol. The Kier molecular flexibility index (Phi) is 4.37. The van der Waals surface area contributed by atoms with Gasteiger partial charge in [0, 0.05) is 43.7 Å². The lowest BCUT2D eigenvalue weighted by Crippen LogP contribution is -2.46. The van der Waals surface area contributed by atoms with Crippen LogP contribution in [0.15, 0.2) is 42.5 Å². The number of ketones is 1. The Morgan fingerprint density at radius 2 is 1.88 bits per heavy atom. The van der Waals surface area contributed by atoms with Crippen molar-refractivity contribution in [2.24, 2.45) is 0 Å². The summed E-state index contributed by atoms with van der Waals surface area (Å²) in [5, 5.41) is 0. The molecule has 0 saturated heterocycles. The van der Waals surface area contributed by atoms with Crippen LogP contribution in [0.2, 0.25) is 0 Å². The largest absolute Gasteiger partial charge is 0.340 e. The number of nitrogens with zero attached hydrogens (tertiary/aromatic N) is 2. The van der Waals surface area contributed by atoms with Crippen LogP contribution in [-0.4, -0.2) is 48.2 Å². The SMILES string of the molecule is CN(CC1Cc2ccccc2CN1C)C(=O)c1cccc2c1CCC2=O. The van der Waals surface area contributed by atoms with Gasteiger partial charge in [0.05, 0.1) is 0 Å². The Hall–Kier alpha value is -2.46. The lowest BCUT2D eigenvalue weighted by atomic mass is 9.94. The summed E-state index contributed by atoms with van der Waals surface area (Å²) in [5.74, 6) is 0.171. The topological polar surface area (TPSA) is 40.6 Å². The summed E-state index contributed by atoms with van der Waals surface area (Å²) in [7, 11) is 3.99. The number of fused-ring (bicyclic) bond motifs is 2. The maximum Gasteiger partial charge on any atom is 0.253 e. The summed E-state index contributed by atoms with van der Waals surface area (Å²) in [6, 6.07) is 14.4. The highest BCUT2D eigenvalue weighted by molar-refractivity contribution is 6.05. The van der Waals surface area contributed by atoms with Gasteiger partial charge in [-0.1, -0.05) is 36.4 Å². The van der Waals surface area contributed by atoms with Gasteiger partial charge >= 0.3 is 0 Å². The number of carbonyl (C=O) groups excluding carboxylic acids is 2. The highest BCUT2D eigenvalue weighted by Gasteiger charge is 2.29. The zero-order valence-corrected chi connectivity index (χ0v) is 15.4. The molecule has 134 valence electrons. The van der Waals surface area contributed by atoms with Crippen LogP contribution < -0.4 is 0 Å². The molecule has 1 heterocycles. The summed E-state index contributed by atoms with van der Waals surface area (Å²) in [4.78, 5) is 29.1. The molecule has 1 aliphatic heterocycles. The molecule has 0 saturated carbocycles. The van der Waals surface area contributed by atoms with Crippen molar-refractivity contribution >= 4 is 11.7 Å². The molecule has 2 aliphatic rings. The predicted molar refractivity (Wildman–Crippen MR) is 101 cm³/mol. The number of benzene rings is 2. The summed E-state index contributed by atoms with van der Waals surface area (Å²) in [6.07, 6.45) is 2.15. The number of rotatable bonds is 3. The first-order chi connectivity index (χ1) is 12.5. The summed E-state index contributed by atoms with van der Waals surface area (Å²) in [6.45, 7) is 1.60. The van der Waals surface area contributed by atoms with Gasteiger partial charge in [0.15, 0.2) is 5.78 Å². The van der Waals surface area contributed by atoms with Gasteiger partial charge in [-0.2, -0.15) is 0 Å². The molecule has 0 spiro atoms. The molecule has 0 radical (unpaired) electrons. The lowest BCUT2D eigenvalue weighted by molar-refractivity contribution is 0.0732. The van der Waals surface area contributed by atoms with Crippen LogP contribution in [0, 0.1) is 0 Å². The van der Waals surface area contributed by atoms with Crippen LogP contribution in [0.4, 0.5) is 0 Å². The summed E-state index contributed by atoms with van der Waals surface area (Å²) >= 11 is 0. The molecule has 4 nitrogen and oxygen atoms in total. The lowest BCUT2D eigenvalue weighted by Gasteiger charge is -2.36. The van der Waals surface area contributed by atoms with Gasteiger partial charge in [-0.3, -0.25) is 14.5 Å². The van der Waals surface area contributed by atoms with Gasteiger partial charge in [0.2, 0.25) is 0 Å². The van der Waals surface area contributed by atoms with Gasteiger partial charge < -0.3 is 4.90 Å². The molecular formula is C22H24N2O2. The Balaban J connectivity index is 1.52. The molecule has 4 heteroatoms. The van der Waals surface area contributed by atoms with E-state index in [0.29, 0.717) is 31.0 Å². The van der Waals surface area contributed by atoms with Crippen LogP contribution in [-0.2, 0) is 19.4 Å². The van der Waals surface area contributed by atoms with Crippen LogP contribution in [0.25, 0.3) is 0 Å². The average Bonchev–Trinajstić information content (AvgIpc) is 3.03. The van der Waals surface area contributed by atoms with Crippen molar-refractivity contribution in [1.82, 2.24) is 9.80 Å². The smallest absolute Gasteiger partial charge is 0.253 e. The second kappa shape index (κ2) is 6.69. The van der Waals surface area contributed by atoms with Crippen molar-refractivity contribution in [3.05, 3.63) is 70.3 Å². The minimum absolute atomic E-state index is 0.0174. The van der Waals surface area contributed by atoms with Crippen LogP contribution in [0.3, 0.4) is 0 Å². The molecule has 0 aromatic heterocycles. The van der Waals surface area contributed by atoms with Crippen molar-refractivity contribution in [3.63, 3.8) is 0 Å². The molecule has 4 rings (SSSR count). The molecule has 2 aromatic carbocycles. The second-order valence-electron chi connectivity index (χ2n) is 7.48. The van der Waals surface area contributed by atoms with E-state index in [4.69, 9.17) is 0 Å². The molecule has 26 heavy (non-hydrogen) atoms. The Morgan fingerprint density at radius 1 is 1.12 bits per heavy atom. The third-order valence-electron chi connectivity index (χ3n) is 5.76. The normalized spacial score (nSPS) is 19.2.